The van der Waals surface area contributed by atoms with E-state index >= 15 is 0 Å². The van der Waals surface area contributed by atoms with Crippen molar-refractivity contribution in [2.75, 3.05) is 0 Å². The molecule has 0 saturated heterocycles. The second-order valence-corrected chi connectivity index (χ2v) is 12.7. The first-order valence-corrected chi connectivity index (χ1v) is 15.2. The Kier molecular flexibility index (Phi) is 8.52. The van der Waals surface area contributed by atoms with Crippen LogP contribution < -0.4 is 4.74 Å². The standard InChI is InChI=1S/C40H30N6O.Pt/c1-25-8-7-9-26(2)39(25)45-23-35(44-24-45)28-17-30(42-6)20-32(18-28)47-31-11-12-33-34-16-27(22-41)10-13-36(34)46(37(33)21-31)38-19-29(14-15-43-38)40(3,4)5;/h7-17,19-20,23-24H,1-5H3;/q-2;+2. The number of ether oxygens (including phenoxy) is 1. The summed E-state index contributed by atoms with van der Waals surface area (Å²) >= 11 is 0. The van der Waals surface area contributed by atoms with Gasteiger partial charge in [-0.1, -0.05) is 56.6 Å². The van der Waals surface area contributed by atoms with Crippen LogP contribution in [-0.2, 0) is 26.5 Å². The summed E-state index contributed by atoms with van der Waals surface area (Å²) in [7, 11) is 0. The average molecular weight is 806 g/mol. The van der Waals surface area contributed by atoms with Crippen LogP contribution in [0.25, 0.3) is 49.4 Å². The van der Waals surface area contributed by atoms with E-state index in [4.69, 9.17) is 16.3 Å². The molecule has 0 aliphatic rings. The van der Waals surface area contributed by atoms with Crippen molar-refractivity contribution in [3.63, 3.8) is 0 Å². The Morgan fingerprint density at radius 3 is 2.42 bits per heavy atom. The number of hydrogen-bond donors (Lipinski definition) is 0. The Morgan fingerprint density at radius 1 is 0.896 bits per heavy atom. The van der Waals surface area contributed by atoms with Crippen LogP contribution in [0.15, 0.2) is 91.5 Å². The van der Waals surface area contributed by atoms with Gasteiger partial charge in [0.15, 0.2) is 0 Å². The normalized spacial score (nSPS) is 11.2. The molecular weight excluding hydrogens is 776 g/mol. The van der Waals surface area contributed by atoms with Gasteiger partial charge in [-0.2, -0.15) is 11.3 Å². The zero-order valence-corrected chi connectivity index (χ0v) is 29.3. The first-order chi connectivity index (χ1) is 22.6. The number of para-hydroxylation sites is 1. The average Bonchev–Trinajstić information content (AvgIpc) is 3.67. The molecule has 7 aromatic rings. The van der Waals surface area contributed by atoms with E-state index in [1.165, 1.54) is 0 Å². The number of aromatic nitrogens is 4. The summed E-state index contributed by atoms with van der Waals surface area (Å²) in [6.07, 6.45) is 5.56. The molecule has 0 unspecified atom stereocenters. The van der Waals surface area contributed by atoms with Crippen molar-refractivity contribution >= 4 is 27.5 Å². The van der Waals surface area contributed by atoms with Gasteiger partial charge in [-0.25, -0.2) is 4.98 Å². The summed E-state index contributed by atoms with van der Waals surface area (Å²) < 4.78 is 10.4. The second kappa shape index (κ2) is 12.6. The molecule has 0 fully saturated rings. The zero-order valence-electron chi connectivity index (χ0n) is 27.1. The Hall–Kier alpha value is -5.49. The number of fused-ring (bicyclic) bond motifs is 3. The zero-order chi connectivity index (χ0) is 32.9. The number of rotatable bonds is 5. The molecule has 4 aromatic carbocycles. The molecule has 0 saturated carbocycles. The van der Waals surface area contributed by atoms with E-state index in [0.29, 0.717) is 34.0 Å². The van der Waals surface area contributed by atoms with E-state index in [-0.39, 0.29) is 26.5 Å². The number of benzene rings is 4. The fraction of sp³-hybridized carbons (Fsp3) is 0.150. The van der Waals surface area contributed by atoms with Crippen LogP contribution in [0.4, 0.5) is 5.69 Å². The number of hydrogen-bond acceptors (Lipinski definition) is 4. The van der Waals surface area contributed by atoms with E-state index < -0.39 is 0 Å². The van der Waals surface area contributed by atoms with Crippen molar-refractivity contribution in [2.45, 2.75) is 40.0 Å². The Balaban J connectivity index is 0.00000401. The summed E-state index contributed by atoms with van der Waals surface area (Å²) in [5.41, 5.74) is 8.44. The van der Waals surface area contributed by atoms with Crippen molar-refractivity contribution in [1.29, 1.82) is 5.26 Å². The number of nitriles is 1. The molecule has 7 rings (SSSR count). The topological polar surface area (TPSA) is 73.0 Å². The largest absolute Gasteiger partial charge is 2.00 e. The minimum absolute atomic E-state index is 0. The van der Waals surface area contributed by atoms with Crippen molar-refractivity contribution in [3.05, 3.63) is 137 Å². The van der Waals surface area contributed by atoms with Crippen LogP contribution in [0.5, 0.6) is 11.5 Å². The molecule has 0 bridgehead atoms. The van der Waals surface area contributed by atoms with Crippen molar-refractivity contribution in [2.24, 2.45) is 0 Å². The van der Waals surface area contributed by atoms with Gasteiger partial charge in [-0.05, 0) is 77.9 Å². The van der Waals surface area contributed by atoms with Crippen molar-refractivity contribution in [3.8, 4) is 40.3 Å². The number of pyridine rings is 1. The van der Waals surface area contributed by atoms with E-state index in [9.17, 15) is 5.26 Å². The van der Waals surface area contributed by atoms with Gasteiger partial charge in [0.05, 0.1) is 30.2 Å². The van der Waals surface area contributed by atoms with Gasteiger partial charge in [0.1, 0.15) is 11.5 Å². The minimum atomic E-state index is -0.0710. The van der Waals surface area contributed by atoms with Crippen LogP contribution in [0, 0.1) is 43.9 Å². The van der Waals surface area contributed by atoms with Gasteiger partial charge >= 0.3 is 21.1 Å². The van der Waals surface area contributed by atoms with E-state index in [2.05, 4.69) is 85.4 Å². The first kappa shape index (κ1) is 32.4. The molecule has 0 radical (unpaired) electrons. The minimum Gasteiger partial charge on any atom is -0.504 e. The molecule has 0 aliphatic carbocycles. The molecule has 3 aromatic heterocycles. The monoisotopic (exact) mass is 805 g/mol. The van der Waals surface area contributed by atoms with Crippen molar-refractivity contribution in [1.82, 2.24) is 19.1 Å². The maximum Gasteiger partial charge on any atom is 2.00 e. The van der Waals surface area contributed by atoms with Gasteiger partial charge in [-0.3, -0.25) is 9.83 Å². The smallest absolute Gasteiger partial charge is 0.504 e. The summed E-state index contributed by atoms with van der Waals surface area (Å²) in [4.78, 5) is 13.1. The molecule has 8 heteroatoms. The molecule has 3 heterocycles. The molecule has 0 spiro atoms. The Morgan fingerprint density at radius 2 is 1.69 bits per heavy atom. The summed E-state index contributed by atoms with van der Waals surface area (Å²) in [5, 5.41) is 11.5. The third-order valence-corrected chi connectivity index (χ3v) is 8.35. The Bertz CT molecular complexity index is 2410. The quantitative estimate of drug-likeness (QED) is 0.163. The number of aryl methyl sites for hydroxylation is 2. The number of nitrogens with zero attached hydrogens (tertiary/aromatic N) is 6. The molecule has 7 nitrogen and oxygen atoms in total. The molecule has 0 atom stereocenters. The summed E-state index contributed by atoms with van der Waals surface area (Å²) in [6.45, 7) is 18.4. The molecular formula is C40H30N6OPt. The van der Waals surface area contributed by atoms with Gasteiger partial charge in [-0.15, -0.1) is 29.1 Å². The van der Waals surface area contributed by atoms with Crippen LogP contribution in [0.1, 0.15) is 43.0 Å². The fourth-order valence-corrected chi connectivity index (χ4v) is 6.00. The third kappa shape index (κ3) is 5.90. The molecule has 236 valence electrons. The predicted molar refractivity (Wildman–Crippen MR) is 184 cm³/mol. The first-order valence-electron chi connectivity index (χ1n) is 15.2. The third-order valence-electron chi connectivity index (χ3n) is 8.35. The summed E-state index contributed by atoms with van der Waals surface area (Å²) in [5.74, 6) is 1.59. The number of imidazole rings is 1. The van der Waals surface area contributed by atoms with Crippen LogP contribution in [0.3, 0.4) is 0 Å². The van der Waals surface area contributed by atoms with Crippen LogP contribution >= 0.6 is 0 Å². The van der Waals surface area contributed by atoms with Gasteiger partial charge in [0.2, 0.25) is 0 Å². The van der Waals surface area contributed by atoms with Gasteiger partial charge < -0.3 is 13.9 Å². The van der Waals surface area contributed by atoms with Gasteiger partial charge in [0, 0.05) is 28.9 Å². The van der Waals surface area contributed by atoms with E-state index in [1.807, 2.05) is 59.4 Å². The Labute approximate surface area is 294 Å². The van der Waals surface area contributed by atoms with Crippen LogP contribution in [0.2, 0.25) is 0 Å². The fourth-order valence-electron chi connectivity index (χ4n) is 6.00. The molecule has 0 amide bonds. The second-order valence-electron chi connectivity index (χ2n) is 12.7. The van der Waals surface area contributed by atoms with Gasteiger partial charge in [0.25, 0.3) is 0 Å². The van der Waals surface area contributed by atoms with E-state index in [1.54, 1.807) is 18.5 Å². The SMILES string of the molecule is [C-]#[N+]c1cc(Oc2[c-]c3c(cc2)c2cc(C#N)ccc2n3-c2cc(C(C)(C)C)ccn2)[c-]c(-c2cn(-c3c(C)cccc3C)cn2)c1.[Pt+2]. The van der Waals surface area contributed by atoms with Crippen LogP contribution in [-0.4, -0.2) is 19.1 Å². The summed E-state index contributed by atoms with van der Waals surface area (Å²) in [6, 6.07) is 32.3. The molecule has 48 heavy (non-hydrogen) atoms. The maximum absolute atomic E-state index is 9.63. The maximum atomic E-state index is 9.63. The van der Waals surface area contributed by atoms with E-state index in [0.717, 1.165) is 50.0 Å². The molecule has 0 N–H and O–H groups in total. The van der Waals surface area contributed by atoms with Crippen molar-refractivity contribution < 1.29 is 25.8 Å². The molecule has 0 aliphatic heterocycles. The predicted octanol–water partition coefficient (Wildman–Crippen LogP) is 9.76.